The number of nitrogens with zero attached hydrogens (tertiary/aromatic N) is 7. The molecule has 2 aromatic heterocycles. The number of ether oxygens (including phenoxy) is 2. The number of carbonyl (C=O) groups excluding carboxylic acids is 1. The third-order valence-electron chi connectivity index (χ3n) is 6.36. The molecule has 2 N–H and O–H groups in total. The quantitative estimate of drug-likeness (QED) is 0.685. The van der Waals surface area contributed by atoms with Gasteiger partial charge in [-0.1, -0.05) is 0 Å². The summed E-state index contributed by atoms with van der Waals surface area (Å²) < 4.78 is 26.3. The van der Waals surface area contributed by atoms with Crippen LogP contribution in [0, 0.1) is 0 Å². The summed E-state index contributed by atoms with van der Waals surface area (Å²) >= 11 is 0. The van der Waals surface area contributed by atoms with E-state index < -0.39 is 23.9 Å². The van der Waals surface area contributed by atoms with E-state index in [0.29, 0.717) is 51.0 Å². The van der Waals surface area contributed by atoms with Crippen molar-refractivity contribution in [1.29, 1.82) is 0 Å². The molecule has 3 aliphatic heterocycles. The first kappa shape index (κ1) is 23.5. The van der Waals surface area contributed by atoms with Gasteiger partial charge in [-0.05, 0) is 27.2 Å². The van der Waals surface area contributed by atoms with Crippen LogP contribution in [0.5, 0.6) is 0 Å². The summed E-state index contributed by atoms with van der Waals surface area (Å²) in [5.41, 5.74) is 7.41. The molecule has 0 aromatic carbocycles. The molecule has 3 aliphatic rings. The van der Waals surface area contributed by atoms with Crippen LogP contribution in [-0.4, -0.2) is 94.7 Å². The van der Waals surface area contributed by atoms with Crippen LogP contribution in [-0.2, 0) is 15.9 Å². The Labute approximate surface area is 203 Å². The highest BCUT2D eigenvalue weighted by molar-refractivity contribution is 5.73. The van der Waals surface area contributed by atoms with Crippen LogP contribution < -0.4 is 15.5 Å². The van der Waals surface area contributed by atoms with E-state index in [9.17, 15) is 4.79 Å². The van der Waals surface area contributed by atoms with Crippen LogP contribution in [0.2, 0.25) is 0 Å². The number of carbonyl (C=O) groups is 1. The zero-order chi connectivity index (χ0) is 24.7. The van der Waals surface area contributed by atoms with Gasteiger partial charge in [-0.3, -0.25) is 0 Å². The Kier molecular flexibility index (Phi) is 6.07. The fourth-order valence-corrected chi connectivity index (χ4v) is 4.71. The van der Waals surface area contributed by atoms with Crippen LogP contribution in [0.1, 0.15) is 26.3 Å². The summed E-state index contributed by atoms with van der Waals surface area (Å²) in [7, 11) is 0. The minimum atomic E-state index is -1.22. The van der Waals surface area contributed by atoms with E-state index in [1.807, 2.05) is 4.90 Å². The van der Waals surface area contributed by atoms with Gasteiger partial charge in [0.15, 0.2) is 0 Å². The number of morpholine rings is 1. The second-order valence-electron chi connectivity index (χ2n) is 10.0. The van der Waals surface area contributed by atoms with E-state index >= 15 is 4.39 Å². The van der Waals surface area contributed by atoms with E-state index in [1.165, 1.54) is 4.90 Å². The largest absolute Gasteiger partial charge is 0.444 e. The Morgan fingerprint density at radius 1 is 1.14 bits per heavy atom. The molecule has 0 bridgehead atoms. The van der Waals surface area contributed by atoms with Crippen LogP contribution >= 0.6 is 0 Å². The minimum absolute atomic E-state index is 0.00846. The SMILES string of the molecule is CC(C)(C)OC(=O)N1C[C@@H](F)[C@@H](N2CCc3c(-c4cnc(N)nc4)nc(N4CCOCC4)nc32)C1. The van der Waals surface area contributed by atoms with E-state index in [4.69, 9.17) is 25.2 Å². The standard InChI is InChI=1S/C23H31FN8O3/c1-23(2,3)35-22(33)31-12-16(24)17(13-31)32-5-4-15-18(14-10-26-20(25)27-11-14)28-21(29-19(15)32)30-6-8-34-9-7-30/h10-11,16-17H,4-9,12-13H2,1-3H3,(H2,25,26,27)/t16-,17+/m1/s1. The number of amides is 1. The zero-order valence-electron chi connectivity index (χ0n) is 20.3. The molecule has 0 radical (unpaired) electrons. The normalized spacial score (nSPS) is 22.5. The Morgan fingerprint density at radius 2 is 1.86 bits per heavy atom. The number of nitrogen functional groups attached to an aromatic ring is 1. The maximum absolute atomic E-state index is 15.3. The Bertz CT molecular complexity index is 1090. The molecule has 11 nitrogen and oxygen atoms in total. The van der Waals surface area contributed by atoms with Crippen LogP contribution in [0.15, 0.2) is 12.4 Å². The monoisotopic (exact) mass is 486 g/mol. The molecule has 0 saturated carbocycles. The molecule has 2 aromatic rings. The van der Waals surface area contributed by atoms with Crippen molar-refractivity contribution >= 4 is 23.8 Å². The topological polar surface area (TPSA) is 123 Å². The Hall–Kier alpha value is -3.28. The molecule has 2 fully saturated rings. The van der Waals surface area contributed by atoms with Gasteiger partial charge in [0.1, 0.15) is 17.6 Å². The zero-order valence-corrected chi connectivity index (χ0v) is 20.3. The lowest BCUT2D eigenvalue weighted by molar-refractivity contribution is 0.0283. The molecule has 35 heavy (non-hydrogen) atoms. The van der Waals surface area contributed by atoms with E-state index in [2.05, 4.69) is 14.9 Å². The molecule has 0 spiro atoms. The molecular formula is C23H31FN8O3. The number of alkyl halides is 1. The number of rotatable bonds is 3. The lowest BCUT2D eigenvalue weighted by Gasteiger charge is -2.30. The van der Waals surface area contributed by atoms with Gasteiger partial charge in [-0.15, -0.1) is 0 Å². The van der Waals surface area contributed by atoms with Gasteiger partial charge in [0.2, 0.25) is 11.9 Å². The fourth-order valence-electron chi connectivity index (χ4n) is 4.71. The number of hydrogen-bond acceptors (Lipinski definition) is 10. The number of anilines is 3. The smallest absolute Gasteiger partial charge is 0.410 e. The predicted octanol–water partition coefficient (Wildman–Crippen LogP) is 1.67. The van der Waals surface area contributed by atoms with Gasteiger partial charge in [-0.2, -0.15) is 4.98 Å². The first-order valence-corrected chi connectivity index (χ1v) is 11.9. The van der Waals surface area contributed by atoms with Crippen LogP contribution in [0.25, 0.3) is 11.3 Å². The van der Waals surface area contributed by atoms with Crippen molar-refractivity contribution in [3.8, 4) is 11.3 Å². The molecule has 0 unspecified atom stereocenters. The number of likely N-dealkylation sites (tertiary alicyclic amines) is 1. The molecule has 12 heteroatoms. The first-order valence-electron chi connectivity index (χ1n) is 11.9. The van der Waals surface area contributed by atoms with Crippen molar-refractivity contribution in [3.05, 3.63) is 18.0 Å². The highest BCUT2D eigenvalue weighted by Crippen LogP contribution is 2.38. The molecule has 2 atom stereocenters. The lowest BCUT2D eigenvalue weighted by Crippen LogP contribution is -2.42. The third kappa shape index (κ3) is 4.79. The maximum Gasteiger partial charge on any atom is 0.410 e. The van der Waals surface area contributed by atoms with Crippen molar-refractivity contribution in [2.45, 2.75) is 45.0 Å². The molecule has 188 valence electrons. The fraction of sp³-hybridized carbons (Fsp3) is 0.609. The number of nitrogens with two attached hydrogens (primary N) is 1. The average molecular weight is 487 g/mol. The highest BCUT2D eigenvalue weighted by atomic mass is 19.1. The van der Waals surface area contributed by atoms with Gasteiger partial charge in [0.05, 0.1) is 31.5 Å². The van der Waals surface area contributed by atoms with Gasteiger partial charge < -0.3 is 29.9 Å². The van der Waals surface area contributed by atoms with Crippen molar-refractivity contribution in [2.24, 2.45) is 0 Å². The molecule has 5 heterocycles. The van der Waals surface area contributed by atoms with Crippen molar-refractivity contribution in [1.82, 2.24) is 24.8 Å². The van der Waals surface area contributed by atoms with E-state index in [-0.39, 0.29) is 19.0 Å². The summed E-state index contributed by atoms with van der Waals surface area (Å²) in [4.78, 5) is 36.1. The third-order valence-corrected chi connectivity index (χ3v) is 6.36. The number of hydrogen-bond donors (Lipinski definition) is 1. The van der Waals surface area contributed by atoms with Gasteiger partial charge in [-0.25, -0.2) is 24.1 Å². The maximum atomic E-state index is 15.3. The summed E-state index contributed by atoms with van der Waals surface area (Å²) in [5, 5.41) is 0. The second kappa shape index (κ2) is 9.06. The molecule has 2 saturated heterocycles. The number of fused-ring (bicyclic) bond motifs is 1. The molecule has 0 aliphatic carbocycles. The lowest BCUT2D eigenvalue weighted by atomic mass is 10.1. The summed E-state index contributed by atoms with van der Waals surface area (Å²) in [6.45, 7) is 8.70. The molecular weight excluding hydrogens is 455 g/mol. The summed E-state index contributed by atoms with van der Waals surface area (Å²) in [6.07, 6.45) is 2.22. The Balaban J connectivity index is 1.48. The van der Waals surface area contributed by atoms with Gasteiger partial charge >= 0.3 is 6.09 Å². The predicted molar refractivity (Wildman–Crippen MR) is 128 cm³/mol. The van der Waals surface area contributed by atoms with Crippen molar-refractivity contribution < 1.29 is 18.7 Å². The Morgan fingerprint density at radius 3 is 2.54 bits per heavy atom. The number of aromatic nitrogens is 4. The van der Waals surface area contributed by atoms with Gasteiger partial charge in [0.25, 0.3) is 0 Å². The molecule has 1 amide bonds. The summed E-state index contributed by atoms with van der Waals surface area (Å²) in [6, 6.07) is -0.522. The first-order chi connectivity index (χ1) is 16.7. The van der Waals surface area contributed by atoms with Crippen LogP contribution in [0.4, 0.5) is 26.9 Å². The van der Waals surface area contributed by atoms with Gasteiger partial charge in [0, 0.05) is 49.7 Å². The minimum Gasteiger partial charge on any atom is -0.444 e. The highest BCUT2D eigenvalue weighted by Gasteiger charge is 2.43. The number of halogens is 1. The van der Waals surface area contributed by atoms with Crippen molar-refractivity contribution in [2.75, 3.05) is 61.5 Å². The van der Waals surface area contributed by atoms with Crippen LogP contribution in [0.3, 0.4) is 0 Å². The van der Waals surface area contributed by atoms with Crippen molar-refractivity contribution in [3.63, 3.8) is 0 Å². The molecule has 5 rings (SSSR count). The second-order valence-corrected chi connectivity index (χ2v) is 10.0. The van der Waals surface area contributed by atoms with E-state index in [0.717, 1.165) is 16.8 Å². The summed E-state index contributed by atoms with van der Waals surface area (Å²) in [5.74, 6) is 1.43. The van der Waals surface area contributed by atoms with E-state index in [1.54, 1.807) is 33.2 Å². The average Bonchev–Trinajstić information content (AvgIpc) is 3.42.